The second-order valence-corrected chi connectivity index (χ2v) is 7.40. The fourth-order valence-corrected chi connectivity index (χ4v) is 3.32. The van der Waals surface area contributed by atoms with Gasteiger partial charge >= 0.3 is 0 Å². The molecule has 25 heavy (non-hydrogen) atoms. The van der Waals surface area contributed by atoms with Crippen molar-refractivity contribution in [2.45, 2.75) is 26.8 Å². The Morgan fingerprint density at radius 3 is 2.76 bits per heavy atom. The summed E-state index contributed by atoms with van der Waals surface area (Å²) in [5, 5.41) is 0.633. The van der Waals surface area contributed by atoms with Crippen molar-refractivity contribution in [2.75, 3.05) is 26.2 Å². The van der Waals surface area contributed by atoms with E-state index < -0.39 is 0 Å². The van der Waals surface area contributed by atoms with Gasteiger partial charge in [0, 0.05) is 57.2 Å². The van der Waals surface area contributed by atoms with E-state index in [1.165, 1.54) is 5.69 Å². The standard InChI is InChI=1S/C19H25ClN4O/c1-15(2)13-23-11-10-22(9-7-19(23)25)14-17-4-3-8-24(17)18-6-5-16(20)12-21-18/h3-6,8,12,15H,7,9-11,13-14H2,1-2H3. The van der Waals surface area contributed by atoms with Crippen LogP contribution in [-0.4, -0.2) is 51.4 Å². The molecular formula is C19H25ClN4O. The van der Waals surface area contributed by atoms with Crippen LogP contribution < -0.4 is 0 Å². The van der Waals surface area contributed by atoms with Gasteiger partial charge in [0.15, 0.2) is 0 Å². The molecule has 1 saturated heterocycles. The van der Waals surface area contributed by atoms with Crippen molar-refractivity contribution in [3.63, 3.8) is 0 Å². The molecule has 5 nitrogen and oxygen atoms in total. The summed E-state index contributed by atoms with van der Waals surface area (Å²) in [5.41, 5.74) is 1.17. The second-order valence-electron chi connectivity index (χ2n) is 6.96. The van der Waals surface area contributed by atoms with E-state index in [2.05, 4.69) is 34.4 Å². The highest BCUT2D eigenvalue weighted by molar-refractivity contribution is 6.30. The van der Waals surface area contributed by atoms with Gasteiger partial charge in [-0.1, -0.05) is 25.4 Å². The largest absolute Gasteiger partial charge is 0.341 e. The van der Waals surface area contributed by atoms with Gasteiger partial charge in [-0.2, -0.15) is 0 Å². The summed E-state index contributed by atoms with van der Waals surface area (Å²) in [6, 6.07) is 7.90. The smallest absolute Gasteiger partial charge is 0.223 e. The third-order valence-electron chi connectivity index (χ3n) is 4.44. The number of pyridine rings is 1. The fourth-order valence-electron chi connectivity index (χ4n) is 3.21. The molecule has 0 N–H and O–H groups in total. The molecule has 134 valence electrons. The van der Waals surface area contributed by atoms with Crippen LogP contribution in [0.4, 0.5) is 0 Å². The molecular weight excluding hydrogens is 336 g/mol. The number of carbonyl (C=O) groups is 1. The molecule has 0 radical (unpaired) electrons. The maximum atomic E-state index is 12.3. The molecule has 3 rings (SSSR count). The average molecular weight is 361 g/mol. The third kappa shape index (κ3) is 4.61. The highest BCUT2D eigenvalue weighted by atomic mass is 35.5. The molecule has 3 heterocycles. The molecule has 2 aromatic rings. The van der Waals surface area contributed by atoms with Gasteiger partial charge in [-0.3, -0.25) is 9.69 Å². The Morgan fingerprint density at radius 1 is 1.20 bits per heavy atom. The monoisotopic (exact) mass is 360 g/mol. The minimum Gasteiger partial charge on any atom is -0.341 e. The highest BCUT2D eigenvalue weighted by Crippen LogP contribution is 2.16. The Balaban J connectivity index is 1.68. The van der Waals surface area contributed by atoms with Gasteiger partial charge in [-0.05, 0) is 30.2 Å². The molecule has 1 fully saturated rings. The van der Waals surface area contributed by atoms with Crippen LogP contribution in [0.2, 0.25) is 5.02 Å². The quantitative estimate of drug-likeness (QED) is 0.822. The minimum absolute atomic E-state index is 0.269. The predicted octanol–water partition coefficient (Wildman–Crippen LogP) is 3.22. The lowest BCUT2D eigenvalue weighted by atomic mass is 10.2. The summed E-state index contributed by atoms with van der Waals surface area (Å²) in [4.78, 5) is 21.0. The van der Waals surface area contributed by atoms with Crippen LogP contribution in [0.1, 0.15) is 26.0 Å². The summed E-state index contributed by atoms with van der Waals surface area (Å²) in [6.07, 6.45) is 4.27. The van der Waals surface area contributed by atoms with Gasteiger partial charge in [0.25, 0.3) is 0 Å². The summed E-state index contributed by atoms with van der Waals surface area (Å²) in [6.45, 7) is 8.46. The second kappa shape index (κ2) is 8.02. The average Bonchev–Trinajstić information content (AvgIpc) is 2.97. The van der Waals surface area contributed by atoms with Crippen LogP contribution in [0, 0.1) is 5.92 Å². The molecule has 0 aromatic carbocycles. The number of amides is 1. The molecule has 1 aliphatic rings. The Bertz CT molecular complexity index is 710. The molecule has 1 aliphatic heterocycles. The van der Waals surface area contributed by atoms with Crippen molar-refractivity contribution in [3.05, 3.63) is 47.4 Å². The zero-order valence-electron chi connectivity index (χ0n) is 14.9. The van der Waals surface area contributed by atoms with Crippen LogP contribution in [0.3, 0.4) is 0 Å². The van der Waals surface area contributed by atoms with Crippen molar-refractivity contribution >= 4 is 17.5 Å². The lowest BCUT2D eigenvalue weighted by molar-refractivity contribution is -0.130. The van der Waals surface area contributed by atoms with Crippen molar-refractivity contribution in [2.24, 2.45) is 5.92 Å². The van der Waals surface area contributed by atoms with Crippen LogP contribution >= 0.6 is 11.6 Å². The van der Waals surface area contributed by atoms with Crippen LogP contribution in [0.5, 0.6) is 0 Å². The molecule has 0 spiro atoms. The zero-order valence-corrected chi connectivity index (χ0v) is 15.6. The molecule has 0 atom stereocenters. The predicted molar refractivity (Wildman–Crippen MR) is 99.9 cm³/mol. The van der Waals surface area contributed by atoms with E-state index >= 15 is 0 Å². The highest BCUT2D eigenvalue weighted by Gasteiger charge is 2.22. The Labute approximate surface area is 154 Å². The van der Waals surface area contributed by atoms with E-state index in [0.717, 1.165) is 38.5 Å². The van der Waals surface area contributed by atoms with E-state index in [0.29, 0.717) is 17.4 Å². The van der Waals surface area contributed by atoms with Gasteiger partial charge in [-0.15, -0.1) is 0 Å². The Morgan fingerprint density at radius 2 is 2.04 bits per heavy atom. The third-order valence-corrected chi connectivity index (χ3v) is 4.67. The van der Waals surface area contributed by atoms with E-state index in [-0.39, 0.29) is 5.91 Å². The number of hydrogen-bond donors (Lipinski definition) is 0. The first-order valence-corrected chi connectivity index (χ1v) is 9.19. The zero-order chi connectivity index (χ0) is 17.8. The molecule has 1 amide bonds. The van der Waals surface area contributed by atoms with Crippen molar-refractivity contribution in [1.29, 1.82) is 0 Å². The number of rotatable bonds is 5. The lowest BCUT2D eigenvalue weighted by Gasteiger charge is -2.23. The fraction of sp³-hybridized carbons (Fsp3) is 0.474. The summed E-state index contributed by atoms with van der Waals surface area (Å²) in [5.74, 6) is 1.63. The summed E-state index contributed by atoms with van der Waals surface area (Å²) < 4.78 is 2.08. The summed E-state index contributed by atoms with van der Waals surface area (Å²) >= 11 is 5.93. The number of nitrogens with zero attached hydrogens (tertiary/aromatic N) is 4. The maximum Gasteiger partial charge on any atom is 0.223 e. The molecule has 6 heteroatoms. The van der Waals surface area contributed by atoms with Crippen molar-refractivity contribution < 1.29 is 4.79 Å². The van der Waals surface area contributed by atoms with E-state index in [1.54, 1.807) is 6.20 Å². The molecule has 0 unspecified atom stereocenters. The number of aromatic nitrogens is 2. The van der Waals surface area contributed by atoms with E-state index in [4.69, 9.17) is 11.6 Å². The SMILES string of the molecule is CC(C)CN1CCN(Cc2cccn2-c2ccc(Cl)cn2)CCC1=O. The first kappa shape index (κ1) is 18.0. The molecule has 2 aromatic heterocycles. The van der Waals surface area contributed by atoms with E-state index in [9.17, 15) is 4.79 Å². The topological polar surface area (TPSA) is 41.4 Å². The normalized spacial score (nSPS) is 16.5. The van der Waals surface area contributed by atoms with Gasteiger partial charge in [0.05, 0.1) is 5.02 Å². The Hall–Kier alpha value is -1.85. The Kier molecular flexibility index (Phi) is 5.76. The molecule has 0 bridgehead atoms. The van der Waals surface area contributed by atoms with Crippen molar-refractivity contribution in [1.82, 2.24) is 19.4 Å². The number of hydrogen-bond acceptors (Lipinski definition) is 3. The van der Waals surface area contributed by atoms with Gasteiger partial charge in [0.2, 0.25) is 5.91 Å². The lowest BCUT2D eigenvalue weighted by Crippen LogP contribution is -2.35. The minimum atomic E-state index is 0.269. The molecule has 0 saturated carbocycles. The van der Waals surface area contributed by atoms with Crippen LogP contribution in [0.25, 0.3) is 5.82 Å². The summed E-state index contributed by atoms with van der Waals surface area (Å²) in [7, 11) is 0. The molecule has 0 aliphatic carbocycles. The first-order valence-electron chi connectivity index (χ1n) is 8.81. The van der Waals surface area contributed by atoms with Gasteiger partial charge in [0.1, 0.15) is 5.82 Å². The number of halogens is 1. The first-order chi connectivity index (χ1) is 12.0. The van der Waals surface area contributed by atoms with Crippen LogP contribution in [0.15, 0.2) is 36.7 Å². The van der Waals surface area contributed by atoms with E-state index in [1.807, 2.05) is 29.3 Å². The number of carbonyl (C=O) groups excluding carboxylic acids is 1. The van der Waals surface area contributed by atoms with Gasteiger partial charge < -0.3 is 9.47 Å². The van der Waals surface area contributed by atoms with Crippen LogP contribution in [-0.2, 0) is 11.3 Å². The van der Waals surface area contributed by atoms with Gasteiger partial charge in [-0.25, -0.2) is 4.98 Å². The maximum absolute atomic E-state index is 12.3. The van der Waals surface area contributed by atoms with Crippen molar-refractivity contribution in [3.8, 4) is 5.82 Å².